The molecule has 1 aliphatic heterocycles. The molecular weight excluding hydrogens is 330 g/mol. The first-order chi connectivity index (χ1) is 11.5. The Hall–Kier alpha value is -1.71. The summed E-state index contributed by atoms with van der Waals surface area (Å²) in [6.45, 7) is 4.03. The number of sulfonamides is 1. The number of imidazole rings is 1. The van der Waals surface area contributed by atoms with E-state index >= 15 is 0 Å². The number of hydrogen-bond acceptors (Lipinski definition) is 5. The van der Waals surface area contributed by atoms with Crippen molar-refractivity contribution in [2.24, 2.45) is 13.0 Å². The first-order valence-corrected chi connectivity index (χ1v) is 9.60. The van der Waals surface area contributed by atoms with E-state index in [0.717, 1.165) is 25.2 Å². The number of nitrogens with one attached hydrogen (secondary N) is 1. The monoisotopic (exact) mass is 353 g/mol. The van der Waals surface area contributed by atoms with Crippen molar-refractivity contribution in [3.8, 4) is 0 Å². The van der Waals surface area contributed by atoms with Crippen molar-refractivity contribution in [2.75, 3.05) is 13.2 Å². The lowest BCUT2D eigenvalue weighted by Crippen LogP contribution is -2.38. The Morgan fingerprint density at radius 2 is 2.12 bits per heavy atom. The summed E-state index contributed by atoms with van der Waals surface area (Å²) in [5, 5.41) is 4.10. The van der Waals surface area contributed by atoms with Gasteiger partial charge in [-0.25, -0.2) is 13.4 Å². The highest BCUT2D eigenvalue weighted by atomic mass is 32.2. The van der Waals surface area contributed by atoms with Crippen LogP contribution in [-0.4, -0.2) is 41.0 Å². The van der Waals surface area contributed by atoms with E-state index in [1.807, 2.05) is 17.7 Å². The average Bonchev–Trinajstić information content (AvgIpc) is 3.22. The minimum absolute atomic E-state index is 0.147. The number of aromatic nitrogens is 4. The van der Waals surface area contributed by atoms with Gasteiger partial charge in [0.25, 0.3) is 10.0 Å². The predicted molar refractivity (Wildman–Crippen MR) is 87.7 cm³/mol. The van der Waals surface area contributed by atoms with Crippen LogP contribution in [0.3, 0.4) is 0 Å². The summed E-state index contributed by atoms with van der Waals surface area (Å²) < 4.78 is 37.3. The number of aryl methyl sites for hydroxylation is 2. The van der Waals surface area contributed by atoms with Gasteiger partial charge < -0.3 is 9.30 Å². The van der Waals surface area contributed by atoms with E-state index in [1.165, 1.54) is 16.9 Å². The molecule has 1 atom stereocenters. The highest BCUT2D eigenvalue weighted by Gasteiger charge is 2.33. The molecule has 0 amide bonds. The smallest absolute Gasteiger partial charge is 0.258 e. The first-order valence-electron chi connectivity index (χ1n) is 8.12. The third kappa shape index (κ3) is 3.38. The molecule has 2 aromatic rings. The topological polar surface area (TPSA) is 91.0 Å². The maximum atomic E-state index is 12.8. The van der Waals surface area contributed by atoms with Gasteiger partial charge in [0.1, 0.15) is 5.82 Å². The van der Waals surface area contributed by atoms with Gasteiger partial charge in [0, 0.05) is 39.2 Å². The molecule has 1 aliphatic rings. The molecule has 3 heterocycles. The SMILES string of the molecule is CCn1ccnc1[C@H](NS(=O)(=O)c1ccnn1C)C1CCOCC1. The van der Waals surface area contributed by atoms with Crippen molar-refractivity contribution in [3.63, 3.8) is 0 Å². The van der Waals surface area contributed by atoms with E-state index in [2.05, 4.69) is 14.8 Å². The van der Waals surface area contributed by atoms with Gasteiger partial charge in [-0.05, 0) is 31.7 Å². The number of ether oxygens (including phenoxy) is 1. The summed E-state index contributed by atoms with van der Waals surface area (Å²) >= 11 is 0. The summed E-state index contributed by atoms with van der Waals surface area (Å²) in [6.07, 6.45) is 6.67. The van der Waals surface area contributed by atoms with Crippen molar-refractivity contribution in [1.82, 2.24) is 24.1 Å². The fourth-order valence-electron chi connectivity index (χ4n) is 3.13. The van der Waals surface area contributed by atoms with E-state index in [-0.39, 0.29) is 17.0 Å². The van der Waals surface area contributed by atoms with Crippen LogP contribution in [0.1, 0.15) is 31.6 Å². The molecule has 0 saturated carbocycles. The largest absolute Gasteiger partial charge is 0.381 e. The summed E-state index contributed by atoms with van der Waals surface area (Å²) in [5.41, 5.74) is 0. The van der Waals surface area contributed by atoms with Crippen LogP contribution in [0.15, 0.2) is 29.7 Å². The van der Waals surface area contributed by atoms with E-state index < -0.39 is 10.0 Å². The zero-order chi connectivity index (χ0) is 17.2. The fraction of sp³-hybridized carbons (Fsp3) is 0.600. The van der Waals surface area contributed by atoms with Crippen molar-refractivity contribution in [1.29, 1.82) is 0 Å². The Morgan fingerprint density at radius 3 is 2.75 bits per heavy atom. The van der Waals surface area contributed by atoms with E-state index in [4.69, 9.17) is 4.74 Å². The molecule has 0 spiro atoms. The Labute approximate surface area is 141 Å². The molecule has 8 nitrogen and oxygen atoms in total. The normalized spacial score (nSPS) is 17.9. The van der Waals surface area contributed by atoms with Crippen LogP contribution in [0.4, 0.5) is 0 Å². The number of hydrogen-bond donors (Lipinski definition) is 1. The average molecular weight is 353 g/mol. The van der Waals surface area contributed by atoms with Crippen LogP contribution < -0.4 is 4.72 Å². The standard InChI is InChI=1S/C15H23N5O3S/c1-3-20-9-8-16-15(20)14(12-5-10-23-11-6-12)18-24(21,22)13-4-7-17-19(13)2/h4,7-9,12,14,18H,3,5-6,10-11H2,1-2H3/t14-/m1/s1. The van der Waals surface area contributed by atoms with Crippen molar-refractivity contribution in [2.45, 2.75) is 37.4 Å². The highest BCUT2D eigenvalue weighted by molar-refractivity contribution is 7.89. The van der Waals surface area contributed by atoms with Gasteiger partial charge in [-0.1, -0.05) is 0 Å². The lowest BCUT2D eigenvalue weighted by Gasteiger charge is -2.30. The van der Waals surface area contributed by atoms with Gasteiger partial charge in [-0.3, -0.25) is 4.68 Å². The third-order valence-electron chi connectivity index (χ3n) is 4.44. The third-order valence-corrected chi connectivity index (χ3v) is 5.95. The lowest BCUT2D eigenvalue weighted by molar-refractivity contribution is 0.0550. The number of nitrogens with zero attached hydrogens (tertiary/aromatic N) is 4. The Bertz CT molecular complexity index is 777. The Morgan fingerprint density at radius 1 is 1.38 bits per heavy atom. The molecular formula is C15H23N5O3S. The van der Waals surface area contributed by atoms with Crippen LogP contribution >= 0.6 is 0 Å². The molecule has 3 rings (SSSR count). The minimum Gasteiger partial charge on any atom is -0.381 e. The van der Waals surface area contributed by atoms with Crippen LogP contribution in [0.5, 0.6) is 0 Å². The lowest BCUT2D eigenvalue weighted by atomic mass is 9.92. The molecule has 1 fully saturated rings. The second kappa shape index (κ2) is 7.04. The summed E-state index contributed by atoms with van der Waals surface area (Å²) in [7, 11) is -2.07. The second-order valence-corrected chi connectivity index (χ2v) is 7.57. The van der Waals surface area contributed by atoms with E-state index in [1.54, 1.807) is 13.2 Å². The fourth-order valence-corrected chi connectivity index (χ4v) is 4.52. The maximum Gasteiger partial charge on any atom is 0.258 e. The first kappa shape index (κ1) is 17.1. The van der Waals surface area contributed by atoms with Gasteiger partial charge in [-0.2, -0.15) is 9.82 Å². The molecule has 24 heavy (non-hydrogen) atoms. The molecule has 0 aliphatic carbocycles. The van der Waals surface area contributed by atoms with Crippen LogP contribution in [-0.2, 0) is 28.4 Å². The summed E-state index contributed by atoms with van der Waals surface area (Å²) in [5.74, 6) is 0.893. The molecule has 0 unspecified atom stereocenters. The van der Waals surface area contributed by atoms with Crippen LogP contribution in [0.25, 0.3) is 0 Å². The molecule has 0 radical (unpaired) electrons. The molecule has 0 bridgehead atoms. The zero-order valence-electron chi connectivity index (χ0n) is 13.9. The van der Waals surface area contributed by atoms with Crippen molar-refractivity contribution < 1.29 is 13.2 Å². The Balaban J connectivity index is 1.94. The van der Waals surface area contributed by atoms with Gasteiger partial charge in [0.05, 0.1) is 12.2 Å². The zero-order valence-corrected chi connectivity index (χ0v) is 14.7. The van der Waals surface area contributed by atoms with E-state index in [9.17, 15) is 8.42 Å². The quantitative estimate of drug-likeness (QED) is 0.839. The van der Waals surface area contributed by atoms with Gasteiger partial charge in [0.2, 0.25) is 0 Å². The van der Waals surface area contributed by atoms with Crippen LogP contribution in [0.2, 0.25) is 0 Å². The maximum absolute atomic E-state index is 12.8. The van der Waals surface area contributed by atoms with Gasteiger partial charge in [0.15, 0.2) is 5.03 Å². The molecule has 132 valence electrons. The van der Waals surface area contributed by atoms with Crippen molar-refractivity contribution in [3.05, 3.63) is 30.5 Å². The molecule has 2 aromatic heterocycles. The van der Waals surface area contributed by atoms with Gasteiger partial charge in [-0.15, -0.1) is 0 Å². The number of rotatable bonds is 6. The summed E-state index contributed by atoms with van der Waals surface area (Å²) in [4.78, 5) is 4.42. The molecule has 1 N–H and O–H groups in total. The Kier molecular flexibility index (Phi) is 5.02. The molecule has 0 aromatic carbocycles. The van der Waals surface area contributed by atoms with Crippen molar-refractivity contribution >= 4 is 10.0 Å². The van der Waals surface area contributed by atoms with E-state index in [0.29, 0.717) is 13.2 Å². The second-order valence-electron chi connectivity index (χ2n) is 5.91. The van der Waals surface area contributed by atoms with Crippen LogP contribution in [0, 0.1) is 5.92 Å². The highest BCUT2D eigenvalue weighted by Crippen LogP contribution is 2.30. The predicted octanol–water partition coefficient (Wildman–Crippen LogP) is 1.08. The summed E-state index contributed by atoms with van der Waals surface area (Å²) in [6, 6.07) is 1.11. The minimum atomic E-state index is -3.69. The van der Waals surface area contributed by atoms with Gasteiger partial charge >= 0.3 is 0 Å². The molecule has 9 heteroatoms. The molecule has 1 saturated heterocycles.